The van der Waals surface area contributed by atoms with Crippen LogP contribution >= 0.6 is 0 Å². The van der Waals surface area contributed by atoms with Gasteiger partial charge in [0.15, 0.2) is 0 Å². The molecule has 0 spiro atoms. The fraction of sp³-hybridized carbons (Fsp3) is 0.556. The molecule has 1 aliphatic rings. The summed E-state index contributed by atoms with van der Waals surface area (Å²) in [4.78, 5) is 1.87. The highest BCUT2D eigenvalue weighted by atomic mass is 16.5. The van der Waals surface area contributed by atoms with Crippen LogP contribution in [0.3, 0.4) is 0 Å². The van der Waals surface area contributed by atoms with Crippen LogP contribution in [0, 0.1) is 0 Å². The van der Waals surface area contributed by atoms with Crippen molar-refractivity contribution >= 4 is 0 Å². The molecule has 2 N–H and O–H groups in total. The molecule has 1 fully saturated rings. The molecule has 3 heteroatoms. The van der Waals surface area contributed by atoms with E-state index in [0.717, 1.165) is 26.1 Å². The van der Waals surface area contributed by atoms with E-state index in [0.29, 0.717) is 11.9 Å². The lowest BCUT2D eigenvalue weighted by atomic mass is 10.1. The van der Waals surface area contributed by atoms with E-state index in [9.17, 15) is 0 Å². The van der Waals surface area contributed by atoms with E-state index in [4.69, 9.17) is 10.5 Å². The van der Waals surface area contributed by atoms with Gasteiger partial charge in [0.1, 0.15) is 0 Å². The molecule has 1 heterocycles. The predicted octanol–water partition coefficient (Wildman–Crippen LogP) is 1.04. The average molecular weight is 168 g/mol. The van der Waals surface area contributed by atoms with E-state index in [1.807, 2.05) is 4.90 Å². The van der Waals surface area contributed by atoms with Crippen molar-refractivity contribution in [2.24, 2.45) is 5.73 Å². The number of nitrogens with zero attached hydrogens (tertiary/aromatic N) is 1. The molecule has 0 amide bonds. The summed E-state index contributed by atoms with van der Waals surface area (Å²) < 4.78 is 5.33. The summed E-state index contributed by atoms with van der Waals surface area (Å²) in [5, 5.41) is 0. The normalized spacial score (nSPS) is 23.2. The lowest BCUT2D eigenvalue weighted by Crippen LogP contribution is -2.38. The Balaban J connectivity index is 2.51. The molecule has 0 aromatic rings. The molecule has 0 aliphatic carbocycles. The summed E-state index contributed by atoms with van der Waals surface area (Å²) in [5.41, 5.74) is 5.58. The van der Waals surface area contributed by atoms with Gasteiger partial charge in [-0.1, -0.05) is 13.2 Å². The Kier molecular flexibility index (Phi) is 3.17. The van der Waals surface area contributed by atoms with Gasteiger partial charge in [0, 0.05) is 6.61 Å². The molecule has 0 saturated carbocycles. The molecular weight excluding hydrogens is 152 g/mol. The van der Waals surface area contributed by atoms with Crippen LogP contribution < -0.4 is 5.73 Å². The first kappa shape index (κ1) is 9.13. The molecule has 1 unspecified atom stereocenters. The molecule has 12 heavy (non-hydrogen) atoms. The molecule has 0 aromatic carbocycles. The van der Waals surface area contributed by atoms with Crippen LogP contribution in [0.4, 0.5) is 0 Å². The largest absolute Gasteiger partial charge is 0.386 e. The maximum atomic E-state index is 5.58. The van der Waals surface area contributed by atoms with Crippen molar-refractivity contribution in [2.45, 2.75) is 18.9 Å². The van der Waals surface area contributed by atoms with Gasteiger partial charge in [0.25, 0.3) is 0 Å². The molecule has 0 aromatic heterocycles. The molecule has 3 nitrogen and oxygen atoms in total. The molecule has 68 valence electrons. The minimum absolute atomic E-state index is 0.328. The maximum absolute atomic E-state index is 5.58. The molecule has 1 atom stereocenters. The Labute approximate surface area is 73.5 Å². The molecular formula is C9H16N2O. The molecule has 0 bridgehead atoms. The number of hydrogen-bond acceptors (Lipinski definition) is 3. The van der Waals surface area contributed by atoms with E-state index in [-0.39, 0.29) is 0 Å². The summed E-state index contributed by atoms with van der Waals surface area (Å²) in [5.74, 6) is 0.542. The van der Waals surface area contributed by atoms with E-state index in [2.05, 4.69) is 13.2 Å². The van der Waals surface area contributed by atoms with Crippen LogP contribution in [0.15, 0.2) is 25.2 Å². The van der Waals surface area contributed by atoms with E-state index in [1.54, 1.807) is 6.20 Å². The van der Waals surface area contributed by atoms with Gasteiger partial charge < -0.3 is 15.4 Å². The fourth-order valence-corrected chi connectivity index (χ4v) is 1.44. The van der Waals surface area contributed by atoms with Crippen LogP contribution in [0.2, 0.25) is 0 Å². The predicted molar refractivity (Wildman–Crippen MR) is 49.2 cm³/mol. The smallest absolute Gasteiger partial charge is 0.0955 e. The zero-order valence-corrected chi connectivity index (χ0v) is 7.33. The summed E-state index contributed by atoms with van der Waals surface area (Å²) in [6.07, 6.45) is 3.90. The van der Waals surface area contributed by atoms with Gasteiger partial charge in [0.2, 0.25) is 0 Å². The molecule has 1 saturated heterocycles. The first-order valence-corrected chi connectivity index (χ1v) is 4.18. The van der Waals surface area contributed by atoms with E-state index < -0.39 is 0 Å². The first-order valence-electron chi connectivity index (χ1n) is 4.18. The standard InChI is InChI=1S/C9H16N2O/c1-3-11(8(2)10)9-5-4-6-12-7-9/h3,9H,1-2,4-7,10H2. The van der Waals surface area contributed by atoms with Crippen molar-refractivity contribution in [3.8, 4) is 0 Å². The second-order valence-electron chi connectivity index (χ2n) is 2.95. The van der Waals surface area contributed by atoms with Gasteiger partial charge in [-0.25, -0.2) is 0 Å². The SMILES string of the molecule is C=CN(C(=C)N)C1CCCOC1. The minimum atomic E-state index is 0.328. The van der Waals surface area contributed by atoms with Crippen LogP contribution in [-0.4, -0.2) is 24.2 Å². The minimum Gasteiger partial charge on any atom is -0.386 e. The Bertz CT molecular complexity index is 173. The second-order valence-corrected chi connectivity index (χ2v) is 2.95. The Morgan fingerprint density at radius 1 is 1.67 bits per heavy atom. The van der Waals surface area contributed by atoms with Gasteiger partial charge in [0.05, 0.1) is 18.5 Å². The van der Waals surface area contributed by atoms with Gasteiger partial charge in [-0.15, -0.1) is 0 Å². The third-order valence-electron chi connectivity index (χ3n) is 2.06. The quantitative estimate of drug-likeness (QED) is 0.684. The van der Waals surface area contributed by atoms with Crippen LogP contribution in [-0.2, 0) is 4.74 Å². The highest BCUT2D eigenvalue weighted by Gasteiger charge is 2.19. The number of hydrogen-bond donors (Lipinski definition) is 1. The van der Waals surface area contributed by atoms with Gasteiger partial charge in [-0.2, -0.15) is 0 Å². The lowest BCUT2D eigenvalue weighted by molar-refractivity contribution is 0.0442. The van der Waals surface area contributed by atoms with Crippen molar-refractivity contribution in [1.29, 1.82) is 0 Å². The van der Waals surface area contributed by atoms with Crippen molar-refractivity contribution in [3.63, 3.8) is 0 Å². The monoisotopic (exact) mass is 168 g/mol. The van der Waals surface area contributed by atoms with Crippen molar-refractivity contribution in [3.05, 3.63) is 25.2 Å². The third-order valence-corrected chi connectivity index (χ3v) is 2.06. The Hall–Kier alpha value is -0.960. The molecule has 0 radical (unpaired) electrons. The zero-order chi connectivity index (χ0) is 8.97. The van der Waals surface area contributed by atoms with Gasteiger partial charge >= 0.3 is 0 Å². The zero-order valence-electron chi connectivity index (χ0n) is 7.33. The Morgan fingerprint density at radius 3 is 2.83 bits per heavy atom. The average Bonchev–Trinajstić information content (AvgIpc) is 2.07. The van der Waals surface area contributed by atoms with Crippen LogP contribution in [0.25, 0.3) is 0 Å². The fourth-order valence-electron chi connectivity index (χ4n) is 1.44. The Morgan fingerprint density at radius 2 is 2.42 bits per heavy atom. The number of nitrogens with two attached hydrogens (primary N) is 1. The third kappa shape index (κ3) is 2.01. The van der Waals surface area contributed by atoms with Crippen molar-refractivity contribution in [1.82, 2.24) is 4.90 Å². The van der Waals surface area contributed by atoms with Crippen molar-refractivity contribution < 1.29 is 4.74 Å². The number of ether oxygens (including phenoxy) is 1. The topological polar surface area (TPSA) is 38.5 Å². The highest BCUT2D eigenvalue weighted by molar-refractivity contribution is 4.97. The number of rotatable bonds is 3. The van der Waals surface area contributed by atoms with E-state index >= 15 is 0 Å². The summed E-state index contributed by atoms with van der Waals surface area (Å²) in [6.45, 7) is 8.95. The summed E-state index contributed by atoms with van der Waals surface area (Å²) in [7, 11) is 0. The summed E-state index contributed by atoms with van der Waals surface area (Å²) in [6, 6.07) is 0.328. The maximum Gasteiger partial charge on any atom is 0.0955 e. The highest BCUT2D eigenvalue weighted by Crippen LogP contribution is 2.15. The molecule has 1 aliphatic heterocycles. The molecule has 1 rings (SSSR count). The second kappa shape index (κ2) is 4.16. The van der Waals surface area contributed by atoms with Crippen LogP contribution in [0.1, 0.15) is 12.8 Å². The lowest BCUT2D eigenvalue weighted by Gasteiger charge is -2.32. The van der Waals surface area contributed by atoms with Crippen molar-refractivity contribution in [2.75, 3.05) is 13.2 Å². The van der Waals surface area contributed by atoms with Gasteiger partial charge in [-0.3, -0.25) is 0 Å². The first-order chi connectivity index (χ1) is 5.75. The van der Waals surface area contributed by atoms with E-state index in [1.165, 1.54) is 0 Å². The van der Waals surface area contributed by atoms with Crippen LogP contribution in [0.5, 0.6) is 0 Å². The van der Waals surface area contributed by atoms with Gasteiger partial charge in [-0.05, 0) is 19.0 Å². The summed E-state index contributed by atoms with van der Waals surface area (Å²) >= 11 is 0.